The van der Waals surface area contributed by atoms with Crippen LogP contribution < -0.4 is 10.6 Å². The van der Waals surface area contributed by atoms with Crippen molar-refractivity contribution in [2.24, 2.45) is 5.92 Å². The van der Waals surface area contributed by atoms with Gasteiger partial charge in [-0.05, 0) is 24.5 Å². The van der Waals surface area contributed by atoms with Crippen LogP contribution in [0.15, 0.2) is 54.6 Å². The highest BCUT2D eigenvalue weighted by Crippen LogP contribution is 2.27. The lowest BCUT2D eigenvalue weighted by Gasteiger charge is -2.34. The first-order valence-corrected chi connectivity index (χ1v) is 9.55. The van der Waals surface area contributed by atoms with Crippen molar-refractivity contribution in [3.05, 3.63) is 54.6 Å². The molecule has 0 spiro atoms. The predicted octanol–water partition coefficient (Wildman–Crippen LogP) is 4.12. The largest absolute Gasteiger partial charge is 0.340 e. The molecule has 1 atom stereocenters. The van der Waals surface area contributed by atoms with Crippen LogP contribution in [0, 0.1) is 5.92 Å². The molecule has 142 valence electrons. The Bertz CT molecular complexity index is 789. The Morgan fingerprint density at radius 1 is 1.04 bits per heavy atom. The van der Waals surface area contributed by atoms with E-state index >= 15 is 0 Å². The molecule has 2 aromatic carbocycles. The molecule has 0 bridgehead atoms. The Morgan fingerprint density at radius 3 is 2.48 bits per heavy atom. The molecule has 2 aromatic rings. The number of nitrogens with zero attached hydrogens (tertiary/aromatic N) is 1. The smallest absolute Gasteiger partial charge is 0.319 e. The number of hydrogen-bond acceptors (Lipinski definition) is 2. The second-order valence-corrected chi connectivity index (χ2v) is 7.29. The summed E-state index contributed by atoms with van der Waals surface area (Å²) in [6.45, 7) is 5.16. The maximum absolute atomic E-state index is 12.5. The number of carbonyl (C=O) groups excluding carboxylic acids is 2. The molecule has 2 N–H and O–H groups in total. The van der Waals surface area contributed by atoms with Crippen LogP contribution in [-0.2, 0) is 4.79 Å². The highest BCUT2D eigenvalue weighted by atomic mass is 16.2. The van der Waals surface area contributed by atoms with E-state index in [1.165, 1.54) is 0 Å². The van der Waals surface area contributed by atoms with Gasteiger partial charge in [0.2, 0.25) is 5.91 Å². The van der Waals surface area contributed by atoms with Crippen molar-refractivity contribution in [2.45, 2.75) is 32.7 Å². The van der Waals surface area contributed by atoms with Gasteiger partial charge in [0.15, 0.2) is 0 Å². The van der Waals surface area contributed by atoms with Gasteiger partial charge in [0.05, 0.1) is 5.69 Å². The van der Waals surface area contributed by atoms with E-state index in [0.29, 0.717) is 6.54 Å². The third-order valence-electron chi connectivity index (χ3n) is 4.82. The first-order chi connectivity index (χ1) is 13.0. The minimum absolute atomic E-state index is 0.0182. The number of hydrogen-bond donors (Lipinski definition) is 2. The highest BCUT2D eigenvalue weighted by molar-refractivity contribution is 5.94. The van der Waals surface area contributed by atoms with E-state index < -0.39 is 0 Å². The van der Waals surface area contributed by atoms with Gasteiger partial charge in [-0.1, -0.05) is 62.4 Å². The minimum Gasteiger partial charge on any atom is -0.340 e. The van der Waals surface area contributed by atoms with Crippen molar-refractivity contribution >= 4 is 17.6 Å². The molecule has 5 heteroatoms. The number of piperidine rings is 1. The zero-order valence-corrected chi connectivity index (χ0v) is 15.9. The van der Waals surface area contributed by atoms with E-state index in [4.69, 9.17) is 0 Å². The van der Waals surface area contributed by atoms with E-state index in [0.717, 1.165) is 36.2 Å². The topological polar surface area (TPSA) is 61.4 Å². The molecule has 3 rings (SSSR count). The fraction of sp³-hybridized carbons (Fsp3) is 0.364. The fourth-order valence-electron chi connectivity index (χ4n) is 3.47. The van der Waals surface area contributed by atoms with Gasteiger partial charge in [-0.25, -0.2) is 4.79 Å². The van der Waals surface area contributed by atoms with Gasteiger partial charge in [-0.2, -0.15) is 0 Å². The third-order valence-corrected chi connectivity index (χ3v) is 4.82. The maximum Gasteiger partial charge on any atom is 0.319 e. The molecule has 0 saturated carbocycles. The lowest BCUT2D eigenvalue weighted by Crippen LogP contribution is -2.51. The Hall–Kier alpha value is -2.82. The van der Waals surface area contributed by atoms with Crippen LogP contribution in [0.4, 0.5) is 10.5 Å². The number of anilines is 1. The van der Waals surface area contributed by atoms with Gasteiger partial charge < -0.3 is 15.5 Å². The quantitative estimate of drug-likeness (QED) is 0.856. The van der Waals surface area contributed by atoms with Crippen molar-refractivity contribution in [3.63, 3.8) is 0 Å². The zero-order chi connectivity index (χ0) is 19.2. The summed E-state index contributed by atoms with van der Waals surface area (Å²) < 4.78 is 0. The molecule has 1 aliphatic rings. The molecule has 0 aromatic heterocycles. The van der Waals surface area contributed by atoms with E-state index in [9.17, 15) is 9.59 Å². The Labute approximate surface area is 160 Å². The molecule has 1 unspecified atom stereocenters. The monoisotopic (exact) mass is 365 g/mol. The first kappa shape index (κ1) is 19.0. The summed E-state index contributed by atoms with van der Waals surface area (Å²) in [5.74, 6) is 0.131. The molecule has 27 heavy (non-hydrogen) atoms. The Balaban J connectivity index is 1.64. The number of amides is 3. The number of carbonyl (C=O) groups is 2. The van der Waals surface area contributed by atoms with Crippen LogP contribution >= 0.6 is 0 Å². The van der Waals surface area contributed by atoms with Crippen molar-refractivity contribution in [1.82, 2.24) is 10.2 Å². The number of likely N-dealkylation sites (tertiary alicyclic amines) is 1. The van der Waals surface area contributed by atoms with Crippen molar-refractivity contribution in [2.75, 3.05) is 18.4 Å². The molecule has 0 radical (unpaired) electrons. The van der Waals surface area contributed by atoms with Crippen LogP contribution in [-0.4, -0.2) is 36.0 Å². The predicted molar refractivity (Wildman–Crippen MR) is 108 cm³/mol. The summed E-state index contributed by atoms with van der Waals surface area (Å²) in [6, 6.07) is 17.5. The number of urea groups is 1. The molecule has 5 nitrogen and oxygen atoms in total. The van der Waals surface area contributed by atoms with E-state index in [1.54, 1.807) is 0 Å². The normalized spacial score (nSPS) is 16.9. The van der Waals surface area contributed by atoms with E-state index in [1.807, 2.05) is 73.3 Å². The molecule has 1 heterocycles. The van der Waals surface area contributed by atoms with E-state index in [-0.39, 0.29) is 23.9 Å². The second-order valence-electron chi connectivity index (χ2n) is 7.29. The number of benzene rings is 2. The summed E-state index contributed by atoms with van der Waals surface area (Å²) in [5.41, 5.74) is 2.81. The third kappa shape index (κ3) is 4.88. The van der Waals surface area contributed by atoms with Gasteiger partial charge in [0, 0.05) is 30.6 Å². The summed E-state index contributed by atoms with van der Waals surface area (Å²) in [7, 11) is 0. The van der Waals surface area contributed by atoms with Gasteiger partial charge in [-0.3, -0.25) is 4.79 Å². The van der Waals surface area contributed by atoms with Crippen molar-refractivity contribution < 1.29 is 9.59 Å². The summed E-state index contributed by atoms with van der Waals surface area (Å²) >= 11 is 0. The van der Waals surface area contributed by atoms with E-state index in [2.05, 4.69) is 10.6 Å². The molecule has 1 fully saturated rings. The van der Waals surface area contributed by atoms with Crippen LogP contribution in [0.25, 0.3) is 11.1 Å². The van der Waals surface area contributed by atoms with Crippen molar-refractivity contribution in [1.29, 1.82) is 0 Å². The summed E-state index contributed by atoms with van der Waals surface area (Å²) in [5, 5.41) is 6.00. The summed E-state index contributed by atoms with van der Waals surface area (Å²) in [4.78, 5) is 26.6. The van der Waals surface area contributed by atoms with Crippen LogP contribution in [0.5, 0.6) is 0 Å². The molecule has 1 aliphatic heterocycles. The van der Waals surface area contributed by atoms with Crippen LogP contribution in [0.2, 0.25) is 0 Å². The van der Waals surface area contributed by atoms with Gasteiger partial charge in [0.25, 0.3) is 0 Å². The molecule has 1 saturated heterocycles. The zero-order valence-electron chi connectivity index (χ0n) is 15.9. The first-order valence-electron chi connectivity index (χ1n) is 9.55. The SMILES string of the molecule is CC(C)C(=O)N1CCCC(NC(=O)Nc2ccccc2-c2ccccc2)C1. The van der Waals surface area contributed by atoms with Crippen LogP contribution in [0.3, 0.4) is 0 Å². The standard InChI is InChI=1S/C22H27N3O2/c1-16(2)21(26)25-14-8-11-18(15-25)23-22(27)24-20-13-7-6-12-19(20)17-9-4-3-5-10-17/h3-7,9-10,12-13,16,18H,8,11,14-15H2,1-2H3,(H2,23,24,27). The lowest BCUT2D eigenvalue weighted by molar-refractivity contribution is -0.135. The van der Waals surface area contributed by atoms with Gasteiger partial charge in [-0.15, -0.1) is 0 Å². The van der Waals surface area contributed by atoms with Crippen molar-refractivity contribution in [3.8, 4) is 11.1 Å². The summed E-state index contributed by atoms with van der Waals surface area (Å²) in [6.07, 6.45) is 1.79. The lowest BCUT2D eigenvalue weighted by atomic mass is 10.0. The Morgan fingerprint density at radius 2 is 1.74 bits per heavy atom. The maximum atomic E-state index is 12.5. The Kier molecular flexibility index (Phi) is 6.12. The fourth-order valence-corrected chi connectivity index (χ4v) is 3.47. The van der Waals surface area contributed by atoms with Gasteiger partial charge >= 0.3 is 6.03 Å². The molecular weight excluding hydrogens is 338 g/mol. The average Bonchev–Trinajstić information content (AvgIpc) is 2.68. The number of nitrogens with one attached hydrogen (secondary N) is 2. The molecule has 3 amide bonds. The average molecular weight is 365 g/mol. The minimum atomic E-state index is -0.234. The van der Waals surface area contributed by atoms with Crippen LogP contribution in [0.1, 0.15) is 26.7 Å². The highest BCUT2D eigenvalue weighted by Gasteiger charge is 2.26. The molecule has 0 aliphatic carbocycles. The van der Waals surface area contributed by atoms with Gasteiger partial charge in [0.1, 0.15) is 0 Å². The number of rotatable bonds is 4. The second kappa shape index (κ2) is 8.71. The molecular formula is C22H27N3O2. The number of para-hydroxylation sites is 1.